The van der Waals surface area contributed by atoms with E-state index >= 15 is 0 Å². The lowest BCUT2D eigenvalue weighted by molar-refractivity contribution is 0.764. The van der Waals surface area contributed by atoms with Crippen LogP contribution in [0.15, 0.2) is 28.3 Å². The molecule has 0 spiro atoms. The number of halogens is 1. The van der Waals surface area contributed by atoms with Gasteiger partial charge in [0.2, 0.25) is 5.95 Å². The van der Waals surface area contributed by atoms with Gasteiger partial charge in [-0.15, -0.1) is 11.3 Å². The molecule has 15 heavy (non-hydrogen) atoms. The summed E-state index contributed by atoms with van der Waals surface area (Å²) in [5.41, 5.74) is 0. The van der Waals surface area contributed by atoms with Crippen molar-refractivity contribution in [3.63, 3.8) is 0 Å². The van der Waals surface area contributed by atoms with Crippen LogP contribution in [0.25, 0.3) is 0 Å². The van der Waals surface area contributed by atoms with E-state index < -0.39 is 0 Å². The van der Waals surface area contributed by atoms with Gasteiger partial charge in [-0.25, -0.2) is 4.98 Å². The lowest BCUT2D eigenvalue weighted by Crippen LogP contribution is -2.05. The third kappa shape index (κ3) is 2.60. The molecular weight excluding hydrogens is 274 g/mol. The van der Waals surface area contributed by atoms with Crippen LogP contribution in [0.3, 0.4) is 0 Å². The van der Waals surface area contributed by atoms with Crippen LogP contribution in [0.1, 0.15) is 11.8 Å². The maximum Gasteiger partial charge on any atom is 0.203 e. The van der Waals surface area contributed by atoms with Crippen LogP contribution in [0, 0.1) is 0 Å². The number of hydrogen-bond acceptors (Lipinski definition) is 3. The summed E-state index contributed by atoms with van der Waals surface area (Å²) in [7, 11) is 0. The summed E-state index contributed by atoms with van der Waals surface area (Å²) in [6, 6.07) is 2.12. The Morgan fingerprint density at radius 1 is 1.60 bits per heavy atom. The number of rotatable bonds is 4. The molecule has 0 atom stereocenters. The first kappa shape index (κ1) is 10.7. The Labute approximate surface area is 101 Å². The summed E-state index contributed by atoms with van der Waals surface area (Å²) in [4.78, 5) is 5.55. The van der Waals surface area contributed by atoms with E-state index in [1.165, 1.54) is 4.88 Å². The molecule has 0 amide bonds. The third-order valence-corrected chi connectivity index (χ3v) is 3.80. The van der Waals surface area contributed by atoms with Crippen molar-refractivity contribution in [2.24, 2.45) is 0 Å². The second-order valence-electron chi connectivity index (χ2n) is 3.12. The van der Waals surface area contributed by atoms with Crippen molar-refractivity contribution in [2.75, 3.05) is 5.32 Å². The summed E-state index contributed by atoms with van der Waals surface area (Å²) in [6.07, 6.45) is 3.79. The Bertz CT molecular complexity index is 435. The van der Waals surface area contributed by atoms with Crippen LogP contribution >= 0.6 is 27.3 Å². The van der Waals surface area contributed by atoms with Crippen LogP contribution in [-0.2, 0) is 13.1 Å². The molecule has 0 saturated heterocycles. The standard InChI is InChI=1S/C10H12BrN3S/c1-2-14-4-3-12-10(14)13-6-9-5-8(11)7-15-9/h3-5,7H,2,6H2,1H3,(H,12,13). The van der Waals surface area contributed by atoms with Crippen LogP contribution in [0.2, 0.25) is 0 Å². The smallest absolute Gasteiger partial charge is 0.203 e. The summed E-state index contributed by atoms with van der Waals surface area (Å²) in [5, 5.41) is 5.40. The van der Waals surface area contributed by atoms with Crippen molar-refractivity contribution in [1.82, 2.24) is 9.55 Å². The first-order chi connectivity index (χ1) is 7.29. The monoisotopic (exact) mass is 285 g/mol. The molecule has 1 N–H and O–H groups in total. The van der Waals surface area contributed by atoms with Crippen molar-refractivity contribution < 1.29 is 0 Å². The zero-order valence-corrected chi connectivity index (χ0v) is 10.8. The second kappa shape index (κ2) is 4.81. The highest BCUT2D eigenvalue weighted by Crippen LogP contribution is 2.20. The number of thiophene rings is 1. The van der Waals surface area contributed by atoms with Crippen molar-refractivity contribution >= 4 is 33.2 Å². The molecule has 0 saturated carbocycles. The number of aromatic nitrogens is 2. The Morgan fingerprint density at radius 2 is 2.47 bits per heavy atom. The predicted molar refractivity (Wildman–Crippen MR) is 67.2 cm³/mol. The van der Waals surface area contributed by atoms with Gasteiger partial charge in [-0.1, -0.05) is 0 Å². The molecule has 5 heteroatoms. The highest BCUT2D eigenvalue weighted by molar-refractivity contribution is 9.10. The Hall–Kier alpha value is -0.810. The average molecular weight is 286 g/mol. The van der Waals surface area contributed by atoms with E-state index in [4.69, 9.17) is 0 Å². The van der Waals surface area contributed by atoms with E-state index in [0.717, 1.165) is 23.5 Å². The fourth-order valence-electron chi connectivity index (χ4n) is 1.34. The minimum absolute atomic E-state index is 0.827. The van der Waals surface area contributed by atoms with Gasteiger partial charge in [-0.05, 0) is 28.9 Å². The molecule has 0 fully saturated rings. The molecule has 0 aliphatic rings. The van der Waals surface area contributed by atoms with Crippen molar-refractivity contribution in [2.45, 2.75) is 20.0 Å². The van der Waals surface area contributed by atoms with Crippen LogP contribution in [0.5, 0.6) is 0 Å². The van der Waals surface area contributed by atoms with Crippen molar-refractivity contribution in [3.8, 4) is 0 Å². The number of aryl methyl sites for hydroxylation is 1. The van der Waals surface area contributed by atoms with Gasteiger partial charge < -0.3 is 9.88 Å². The van der Waals surface area contributed by atoms with Gasteiger partial charge >= 0.3 is 0 Å². The number of hydrogen-bond donors (Lipinski definition) is 1. The van der Waals surface area contributed by atoms with Gasteiger partial charge in [-0.3, -0.25) is 0 Å². The van der Waals surface area contributed by atoms with E-state index in [2.05, 4.69) is 49.2 Å². The zero-order valence-electron chi connectivity index (χ0n) is 8.40. The Balaban J connectivity index is 1.98. The summed E-state index contributed by atoms with van der Waals surface area (Å²) < 4.78 is 3.23. The number of nitrogens with zero attached hydrogens (tertiary/aromatic N) is 2. The molecule has 2 aromatic heterocycles. The average Bonchev–Trinajstić information content (AvgIpc) is 2.83. The molecule has 3 nitrogen and oxygen atoms in total. The van der Waals surface area contributed by atoms with Gasteiger partial charge in [-0.2, -0.15) is 0 Å². The highest BCUT2D eigenvalue weighted by Gasteiger charge is 2.01. The van der Waals surface area contributed by atoms with Crippen LogP contribution in [0.4, 0.5) is 5.95 Å². The first-order valence-electron chi connectivity index (χ1n) is 4.77. The van der Waals surface area contributed by atoms with E-state index in [-0.39, 0.29) is 0 Å². The van der Waals surface area contributed by atoms with E-state index in [1.54, 1.807) is 11.3 Å². The normalized spacial score (nSPS) is 10.5. The maximum absolute atomic E-state index is 4.25. The van der Waals surface area contributed by atoms with Gasteiger partial charge in [0.05, 0.1) is 6.54 Å². The number of nitrogens with one attached hydrogen (secondary N) is 1. The summed E-state index contributed by atoms with van der Waals surface area (Å²) in [5.74, 6) is 0.932. The molecule has 2 aromatic rings. The second-order valence-corrected chi connectivity index (χ2v) is 5.03. The molecular formula is C10H12BrN3S. The van der Waals surface area contributed by atoms with E-state index in [1.807, 2.05) is 12.4 Å². The molecule has 2 heterocycles. The SMILES string of the molecule is CCn1ccnc1NCc1cc(Br)cs1. The quantitative estimate of drug-likeness (QED) is 0.934. The minimum atomic E-state index is 0.827. The maximum atomic E-state index is 4.25. The van der Waals surface area contributed by atoms with Gasteiger partial charge in [0.1, 0.15) is 0 Å². The third-order valence-electron chi connectivity index (χ3n) is 2.10. The van der Waals surface area contributed by atoms with E-state index in [9.17, 15) is 0 Å². The minimum Gasteiger partial charge on any atom is -0.351 e. The predicted octanol–water partition coefficient (Wildman–Crippen LogP) is 3.34. The Morgan fingerprint density at radius 3 is 3.13 bits per heavy atom. The lowest BCUT2D eigenvalue weighted by atomic mass is 10.5. The summed E-state index contributed by atoms with van der Waals surface area (Å²) in [6.45, 7) is 3.87. The topological polar surface area (TPSA) is 29.9 Å². The Kier molecular flexibility index (Phi) is 3.43. The largest absolute Gasteiger partial charge is 0.351 e. The fourth-order valence-corrected chi connectivity index (χ4v) is 2.73. The van der Waals surface area contributed by atoms with Gasteiger partial charge in [0.15, 0.2) is 0 Å². The number of imidazole rings is 1. The molecule has 2 rings (SSSR count). The lowest BCUT2D eigenvalue weighted by Gasteiger charge is -2.05. The van der Waals surface area contributed by atoms with E-state index in [0.29, 0.717) is 0 Å². The molecule has 0 unspecified atom stereocenters. The number of anilines is 1. The summed E-state index contributed by atoms with van der Waals surface area (Å²) >= 11 is 5.18. The molecule has 0 radical (unpaired) electrons. The first-order valence-corrected chi connectivity index (χ1v) is 6.44. The highest BCUT2D eigenvalue weighted by atomic mass is 79.9. The van der Waals surface area contributed by atoms with Crippen LogP contribution < -0.4 is 5.32 Å². The van der Waals surface area contributed by atoms with Gasteiger partial charge in [0.25, 0.3) is 0 Å². The molecule has 0 aromatic carbocycles. The van der Waals surface area contributed by atoms with Crippen molar-refractivity contribution in [1.29, 1.82) is 0 Å². The zero-order chi connectivity index (χ0) is 10.7. The van der Waals surface area contributed by atoms with Crippen molar-refractivity contribution in [3.05, 3.63) is 33.2 Å². The van der Waals surface area contributed by atoms with Crippen LogP contribution in [-0.4, -0.2) is 9.55 Å². The fraction of sp³-hybridized carbons (Fsp3) is 0.300. The molecule has 0 bridgehead atoms. The molecule has 0 aliphatic carbocycles. The molecule has 80 valence electrons. The van der Waals surface area contributed by atoms with Gasteiger partial charge in [0, 0.05) is 33.7 Å². The molecule has 0 aliphatic heterocycles.